The molecule has 6 nitrogen and oxygen atoms in total. The van der Waals surface area contributed by atoms with Crippen molar-refractivity contribution in [1.82, 2.24) is 5.32 Å². The average Bonchev–Trinajstić information content (AvgIpc) is 3.28. The first-order chi connectivity index (χ1) is 12.5. The molecule has 7 heteroatoms. The molecule has 0 spiro atoms. The Bertz CT molecular complexity index is 786. The number of hydrogen-bond donors (Lipinski definition) is 1. The molecule has 1 saturated heterocycles. The lowest BCUT2D eigenvalue weighted by Gasteiger charge is -2.10. The van der Waals surface area contributed by atoms with Gasteiger partial charge in [0.15, 0.2) is 5.78 Å². The number of nitrogens with zero attached hydrogens (tertiary/aromatic N) is 1. The fraction of sp³-hybridized carbons (Fsp3) is 0.316. The van der Waals surface area contributed by atoms with E-state index in [2.05, 4.69) is 5.32 Å². The summed E-state index contributed by atoms with van der Waals surface area (Å²) in [6.07, 6.45) is -0.523. The van der Waals surface area contributed by atoms with Crippen molar-refractivity contribution in [3.63, 3.8) is 0 Å². The minimum Gasteiger partial charge on any atom is -0.442 e. The first-order valence-electron chi connectivity index (χ1n) is 8.41. The minimum atomic E-state index is -0.402. The lowest BCUT2D eigenvalue weighted by Crippen LogP contribution is -2.34. The van der Waals surface area contributed by atoms with Gasteiger partial charge in [0.05, 0.1) is 13.1 Å². The van der Waals surface area contributed by atoms with E-state index in [1.54, 1.807) is 17.0 Å². The molecule has 0 radical (unpaired) electrons. The van der Waals surface area contributed by atoms with Gasteiger partial charge in [-0.05, 0) is 24.4 Å². The number of rotatable bonds is 7. The molecule has 1 N–H and O–H groups in total. The maximum absolute atomic E-state index is 12.1. The summed E-state index contributed by atoms with van der Waals surface area (Å²) in [5, 5.41) is 5.45. The van der Waals surface area contributed by atoms with Crippen LogP contribution in [0.5, 0.6) is 0 Å². The molecule has 2 amide bonds. The number of cyclic esters (lactones) is 1. The van der Waals surface area contributed by atoms with Crippen LogP contribution in [0.4, 0.5) is 9.80 Å². The van der Waals surface area contributed by atoms with Gasteiger partial charge in [0.1, 0.15) is 11.1 Å². The van der Waals surface area contributed by atoms with Gasteiger partial charge in [0.2, 0.25) is 5.91 Å². The van der Waals surface area contributed by atoms with Crippen LogP contribution in [-0.2, 0) is 9.53 Å². The van der Waals surface area contributed by atoms with E-state index in [4.69, 9.17) is 4.74 Å². The first kappa shape index (κ1) is 18.1. The zero-order valence-corrected chi connectivity index (χ0v) is 15.3. The molecule has 0 bridgehead atoms. The fourth-order valence-corrected chi connectivity index (χ4v) is 3.39. The summed E-state index contributed by atoms with van der Waals surface area (Å²) >= 11 is 1.46. The highest BCUT2D eigenvalue weighted by atomic mass is 32.1. The van der Waals surface area contributed by atoms with Crippen molar-refractivity contribution in [2.24, 2.45) is 0 Å². The van der Waals surface area contributed by atoms with Crippen molar-refractivity contribution < 1.29 is 19.1 Å². The van der Waals surface area contributed by atoms with Crippen LogP contribution in [-0.4, -0.2) is 37.0 Å². The molecule has 2 heterocycles. The van der Waals surface area contributed by atoms with Crippen LogP contribution in [0.15, 0.2) is 41.8 Å². The summed E-state index contributed by atoms with van der Waals surface area (Å²) in [4.78, 5) is 37.5. The molecule has 1 aliphatic heterocycles. The Labute approximate surface area is 155 Å². The Morgan fingerprint density at radius 1 is 1.23 bits per heavy atom. The van der Waals surface area contributed by atoms with Gasteiger partial charge < -0.3 is 10.1 Å². The molecule has 1 aromatic carbocycles. The average molecular weight is 372 g/mol. The molecule has 1 atom stereocenters. The van der Waals surface area contributed by atoms with Crippen LogP contribution in [0.25, 0.3) is 0 Å². The Morgan fingerprint density at radius 2 is 2.00 bits per heavy atom. The lowest BCUT2D eigenvalue weighted by molar-refractivity contribution is -0.121. The SMILES string of the molecule is Cc1ccc(C(=O)CCC(=O)NCC2CN(c3cccs3)C(=O)O2)cc1. The van der Waals surface area contributed by atoms with E-state index in [-0.39, 0.29) is 37.2 Å². The van der Waals surface area contributed by atoms with Gasteiger partial charge in [0, 0.05) is 18.4 Å². The molecular formula is C19H20N2O4S. The number of anilines is 1. The van der Waals surface area contributed by atoms with Gasteiger partial charge >= 0.3 is 6.09 Å². The quantitative estimate of drug-likeness (QED) is 0.758. The van der Waals surface area contributed by atoms with Crippen molar-refractivity contribution in [2.75, 3.05) is 18.0 Å². The van der Waals surface area contributed by atoms with Crippen LogP contribution in [0, 0.1) is 6.92 Å². The number of carbonyl (C=O) groups excluding carboxylic acids is 3. The van der Waals surface area contributed by atoms with Crippen LogP contribution in [0.3, 0.4) is 0 Å². The third-order valence-corrected chi connectivity index (χ3v) is 5.02. The van der Waals surface area contributed by atoms with Crippen LogP contribution in [0.1, 0.15) is 28.8 Å². The number of nitrogens with one attached hydrogen (secondary N) is 1. The van der Waals surface area contributed by atoms with Gasteiger partial charge in [-0.25, -0.2) is 4.79 Å². The summed E-state index contributed by atoms with van der Waals surface area (Å²) < 4.78 is 5.27. The molecule has 3 rings (SSSR count). The monoisotopic (exact) mass is 372 g/mol. The predicted molar refractivity (Wildman–Crippen MR) is 99.7 cm³/mol. The smallest absolute Gasteiger partial charge is 0.415 e. The van der Waals surface area contributed by atoms with Gasteiger partial charge in [-0.3, -0.25) is 14.5 Å². The second kappa shape index (κ2) is 8.14. The highest BCUT2D eigenvalue weighted by Gasteiger charge is 2.32. The number of benzene rings is 1. The maximum atomic E-state index is 12.1. The van der Waals surface area contributed by atoms with Crippen LogP contribution < -0.4 is 10.2 Å². The van der Waals surface area contributed by atoms with Gasteiger partial charge in [-0.1, -0.05) is 29.8 Å². The van der Waals surface area contributed by atoms with E-state index >= 15 is 0 Å². The minimum absolute atomic E-state index is 0.0590. The number of carbonyl (C=O) groups is 3. The molecule has 1 unspecified atom stereocenters. The van der Waals surface area contributed by atoms with Crippen molar-refractivity contribution in [2.45, 2.75) is 25.9 Å². The molecule has 136 valence electrons. The third-order valence-electron chi connectivity index (χ3n) is 4.13. The molecule has 1 fully saturated rings. The number of ether oxygens (including phenoxy) is 1. The van der Waals surface area contributed by atoms with E-state index < -0.39 is 6.09 Å². The molecule has 2 aromatic rings. The highest BCUT2D eigenvalue weighted by Crippen LogP contribution is 2.26. The summed E-state index contributed by atoms with van der Waals surface area (Å²) in [5.74, 6) is -0.285. The molecule has 0 aliphatic carbocycles. The van der Waals surface area contributed by atoms with Gasteiger partial charge in [-0.15, -0.1) is 11.3 Å². The Balaban J connectivity index is 1.41. The number of Topliss-reactive ketones (excluding diaryl/α,β-unsaturated/α-hetero) is 1. The van der Waals surface area contributed by atoms with Crippen molar-refractivity contribution >= 4 is 34.1 Å². The largest absolute Gasteiger partial charge is 0.442 e. The van der Waals surface area contributed by atoms with E-state index in [9.17, 15) is 14.4 Å². The Morgan fingerprint density at radius 3 is 2.69 bits per heavy atom. The topological polar surface area (TPSA) is 75.7 Å². The Hall–Kier alpha value is -2.67. The molecule has 1 aliphatic rings. The van der Waals surface area contributed by atoms with E-state index in [0.29, 0.717) is 12.1 Å². The van der Waals surface area contributed by atoms with Gasteiger partial charge in [0.25, 0.3) is 0 Å². The second-order valence-electron chi connectivity index (χ2n) is 6.16. The van der Waals surface area contributed by atoms with E-state index in [1.165, 1.54) is 11.3 Å². The fourth-order valence-electron chi connectivity index (χ4n) is 2.66. The van der Waals surface area contributed by atoms with Crippen LogP contribution in [0.2, 0.25) is 0 Å². The second-order valence-corrected chi connectivity index (χ2v) is 7.09. The normalized spacial score (nSPS) is 16.4. The number of aryl methyl sites for hydroxylation is 1. The molecular weight excluding hydrogens is 352 g/mol. The maximum Gasteiger partial charge on any atom is 0.415 e. The Kier molecular flexibility index (Phi) is 5.68. The molecule has 1 aromatic heterocycles. The first-order valence-corrected chi connectivity index (χ1v) is 9.29. The number of amides is 2. The summed E-state index contributed by atoms with van der Waals surface area (Å²) in [6, 6.07) is 11.0. The van der Waals surface area contributed by atoms with E-state index in [1.807, 2.05) is 36.6 Å². The highest BCUT2D eigenvalue weighted by molar-refractivity contribution is 7.14. The number of hydrogen-bond acceptors (Lipinski definition) is 5. The summed E-state index contributed by atoms with van der Waals surface area (Å²) in [7, 11) is 0. The predicted octanol–water partition coefficient (Wildman–Crippen LogP) is 3.16. The number of thiophene rings is 1. The van der Waals surface area contributed by atoms with Gasteiger partial charge in [-0.2, -0.15) is 0 Å². The van der Waals surface area contributed by atoms with Crippen molar-refractivity contribution in [3.05, 3.63) is 52.9 Å². The summed E-state index contributed by atoms with van der Waals surface area (Å²) in [5.41, 5.74) is 1.70. The lowest BCUT2D eigenvalue weighted by atomic mass is 10.1. The zero-order valence-electron chi connectivity index (χ0n) is 14.4. The third kappa shape index (κ3) is 4.49. The summed E-state index contributed by atoms with van der Waals surface area (Å²) in [6.45, 7) is 2.60. The van der Waals surface area contributed by atoms with E-state index in [0.717, 1.165) is 10.6 Å². The van der Waals surface area contributed by atoms with Crippen molar-refractivity contribution in [1.29, 1.82) is 0 Å². The zero-order chi connectivity index (χ0) is 18.5. The van der Waals surface area contributed by atoms with Crippen LogP contribution >= 0.6 is 11.3 Å². The number of ketones is 1. The molecule has 26 heavy (non-hydrogen) atoms. The standard InChI is InChI=1S/C19H20N2O4S/c1-13-4-6-14(7-5-13)16(22)8-9-17(23)20-11-15-12-21(19(24)25-15)18-3-2-10-26-18/h2-7,10,15H,8-9,11-12H2,1H3,(H,20,23). The molecule has 0 saturated carbocycles. The van der Waals surface area contributed by atoms with Crippen molar-refractivity contribution in [3.8, 4) is 0 Å².